The maximum absolute atomic E-state index is 11.9. The number of fused-ring (bicyclic) bond motifs is 2. The van der Waals surface area contributed by atoms with Gasteiger partial charge in [0.05, 0.1) is 28.4 Å². The van der Waals surface area contributed by atoms with Crippen LogP contribution in [0, 0.1) is 50.4 Å². The summed E-state index contributed by atoms with van der Waals surface area (Å²) < 4.78 is 56.0. The first-order valence-corrected chi connectivity index (χ1v) is 26.8. The molecule has 5 aromatic rings. The van der Waals surface area contributed by atoms with Crippen LogP contribution in [0.1, 0.15) is 92.7 Å². The molecule has 15 nitrogen and oxygen atoms in total. The Kier molecular flexibility index (Phi) is 23.8. The van der Waals surface area contributed by atoms with Crippen molar-refractivity contribution in [3.05, 3.63) is 94.6 Å². The van der Waals surface area contributed by atoms with Crippen LogP contribution in [-0.2, 0) is 25.0 Å². The number of aryl methyl sites for hydroxylation is 4. The van der Waals surface area contributed by atoms with Gasteiger partial charge in [-0.1, -0.05) is 16.8 Å². The molecule has 0 aliphatic heterocycles. The first-order chi connectivity index (χ1) is 31.0. The highest BCUT2D eigenvalue weighted by atomic mass is 35.5. The zero-order valence-corrected chi connectivity index (χ0v) is 44.1. The molecular weight excluding hydrogens is 950 g/mol. The van der Waals surface area contributed by atoms with Crippen LogP contribution < -0.4 is 36.5 Å². The molecule has 20 heteroatoms. The molecule has 0 fully saturated rings. The number of ether oxygens (including phenoxy) is 1. The number of amides is 1. The second kappa shape index (κ2) is 27.3. The van der Waals surface area contributed by atoms with Gasteiger partial charge in [-0.3, -0.25) is 9.97 Å². The maximum Gasteiger partial charge on any atom is 0.474 e. The number of hydrogen-bond donors (Lipinski definition) is 3. The van der Waals surface area contributed by atoms with E-state index in [4.69, 9.17) is 10.5 Å². The van der Waals surface area contributed by atoms with Gasteiger partial charge in [-0.15, -0.1) is 31.9 Å². The number of carbonyl (C=O) groups is 1. The standard InChI is InChI=1S/C18H23N3O2S2.C17H21N3S.C12H19N3O4S.ClH/c1-13-9-16-17(10-14(13)2)20-12-15(11-19)18(16)24-8-6-4-5-7-21-25(3,22)23;1-12-8-15-16(9-13(12)2)20-11-14(10-19)17(15)21-7-5-3-4-6-18;1-12(2,3)19-11(16)13-20(17,18)15-8-6-10(7-9-15)14(4)5;/h9-10,12,21H,4-8H2,1-3H3;8-9,11H,3-7,18H2,1-2H3;6-9H,1-5H3;1H. The molecule has 0 bridgehead atoms. The summed E-state index contributed by atoms with van der Waals surface area (Å²) in [4.78, 5) is 24.2. The SMILES string of the molecule is CN(C)c1cc[n+](S(=O)(=O)NC(=O)OC(C)(C)C)cc1.Cc1cc2ncc(C#N)c(SCCCCCN)c2cc1C.Cc1cc2ncc(C#N)c(SCCCCCNS(C)(=O)=O)c2cc1C.[Cl-]. The van der Waals surface area contributed by atoms with Crippen molar-refractivity contribution in [3.63, 3.8) is 0 Å². The summed E-state index contributed by atoms with van der Waals surface area (Å²) in [5.41, 5.74) is 13.6. The molecule has 0 saturated carbocycles. The van der Waals surface area contributed by atoms with Gasteiger partial charge in [0, 0.05) is 71.4 Å². The molecule has 1 amide bonds. The zero-order valence-electron chi connectivity index (χ0n) is 40.1. The number of aromatic nitrogens is 3. The Morgan fingerprint density at radius 1 is 0.776 bits per heavy atom. The Balaban J connectivity index is 0.000000345. The minimum absolute atomic E-state index is 0. The number of nitrogens with two attached hydrogens (primary N) is 1. The normalized spacial score (nSPS) is 11.2. The summed E-state index contributed by atoms with van der Waals surface area (Å²) in [7, 11) is -3.42. The van der Waals surface area contributed by atoms with Crippen molar-refractivity contribution in [2.75, 3.05) is 49.8 Å². The van der Waals surface area contributed by atoms with E-state index in [1.807, 2.05) is 23.7 Å². The second-order valence-electron chi connectivity index (χ2n) is 16.8. The van der Waals surface area contributed by atoms with E-state index in [2.05, 4.69) is 78.8 Å². The molecule has 2 aromatic carbocycles. The number of halogens is 1. The Bertz CT molecular complexity index is 2760. The molecule has 4 N–H and O–H groups in total. The van der Waals surface area contributed by atoms with Gasteiger partial charge in [-0.05, 0) is 139 Å². The first kappa shape index (κ1) is 58.4. The molecule has 0 aliphatic rings. The van der Waals surface area contributed by atoms with Crippen LogP contribution in [0.25, 0.3) is 21.8 Å². The van der Waals surface area contributed by atoms with E-state index in [1.165, 1.54) is 40.9 Å². The zero-order chi connectivity index (χ0) is 49.2. The molecule has 0 radical (unpaired) electrons. The van der Waals surface area contributed by atoms with Gasteiger partial charge in [0.2, 0.25) is 10.0 Å². The fourth-order valence-corrected chi connectivity index (χ4v) is 9.64. The number of nitriles is 2. The van der Waals surface area contributed by atoms with Crippen molar-refractivity contribution in [3.8, 4) is 12.1 Å². The molecular formula is C47H64ClN9O6S4. The van der Waals surface area contributed by atoms with Crippen molar-refractivity contribution in [1.82, 2.24) is 19.4 Å². The number of hydrogen-bond acceptors (Lipinski definition) is 14. The summed E-state index contributed by atoms with van der Waals surface area (Å²) in [6, 6.07) is 16.2. The lowest BCUT2D eigenvalue weighted by Gasteiger charge is -2.18. The summed E-state index contributed by atoms with van der Waals surface area (Å²) in [5.74, 6) is 1.90. The van der Waals surface area contributed by atoms with Crippen molar-refractivity contribution in [2.24, 2.45) is 5.73 Å². The molecule has 0 aliphatic carbocycles. The molecule has 0 atom stereocenters. The van der Waals surface area contributed by atoms with E-state index < -0.39 is 31.9 Å². The number of pyridine rings is 3. The number of thioether (sulfide) groups is 2. The lowest BCUT2D eigenvalue weighted by molar-refractivity contribution is -0.512. The quantitative estimate of drug-likeness (QED) is 0.0624. The number of unbranched alkanes of at least 4 members (excludes halogenated alkanes) is 4. The van der Waals surface area contributed by atoms with Crippen molar-refractivity contribution < 1.29 is 42.7 Å². The second-order valence-corrected chi connectivity index (χ2v) is 22.4. The monoisotopic (exact) mass is 1010 g/mol. The van der Waals surface area contributed by atoms with Crippen LogP contribution in [0.4, 0.5) is 10.5 Å². The third-order valence-corrected chi connectivity index (χ3v) is 14.2. The number of nitrogens with zero attached hydrogens (tertiary/aromatic N) is 6. The summed E-state index contributed by atoms with van der Waals surface area (Å²) in [6.45, 7) is 14.5. The average molecular weight is 1010 g/mol. The molecule has 3 heterocycles. The van der Waals surface area contributed by atoms with Gasteiger partial charge in [0.1, 0.15) is 17.7 Å². The molecule has 0 unspecified atom stereocenters. The third-order valence-electron chi connectivity index (χ3n) is 9.83. The predicted octanol–water partition coefficient (Wildman–Crippen LogP) is 5.14. The van der Waals surface area contributed by atoms with E-state index in [0.717, 1.165) is 97.8 Å². The van der Waals surface area contributed by atoms with Crippen molar-refractivity contribution >= 4 is 77.3 Å². The van der Waals surface area contributed by atoms with Crippen LogP contribution in [0.15, 0.2) is 71.0 Å². The molecule has 3 aromatic heterocycles. The smallest absolute Gasteiger partial charge is 0.474 e. The Hall–Kier alpha value is -4.73. The van der Waals surface area contributed by atoms with Crippen LogP contribution in [0.2, 0.25) is 0 Å². The van der Waals surface area contributed by atoms with E-state index in [-0.39, 0.29) is 12.4 Å². The van der Waals surface area contributed by atoms with Gasteiger partial charge in [-0.2, -0.15) is 15.2 Å². The Labute approximate surface area is 412 Å². The van der Waals surface area contributed by atoms with Crippen LogP contribution in [0.3, 0.4) is 0 Å². The third kappa shape index (κ3) is 19.4. The highest BCUT2D eigenvalue weighted by Gasteiger charge is 2.28. The number of carbonyl (C=O) groups excluding carboxylic acids is 1. The van der Waals surface area contributed by atoms with Crippen LogP contribution in [0.5, 0.6) is 0 Å². The average Bonchev–Trinajstić information content (AvgIpc) is 3.23. The highest BCUT2D eigenvalue weighted by molar-refractivity contribution is 7.99. The Morgan fingerprint density at radius 3 is 1.63 bits per heavy atom. The lowest BCUT2D eigenvalue weighted by Crippen LogP contribution is -3.00. The van der Waals surface area contributed by atoms with E-state index in [1.54, 1.807) is 68.8 Å². The minimum atomic E-state index is -4.00. The van der Waals surface area contributed by atoms with E-state index in [0.29, 0.717) is 17.7 Å². The molecule has 364 valence electrons. The first-order valence-electron chi connectivity index (χ1n) is 21.5. The maximum atomic E-state index is 11.9. The summed E-state index contributed by atoms with van der Waals surface area (Å²) in [6.07, 6.45) is 12.3. The fraction of sp³-hybridized carbons (Fsp3) is 0.447. The van der Waals surface area contributed by atoms with Crippen LogP contribution >= 0.6 is 23.5 Å². The largest absolute Gasteiger partial charge is 1.00 e. The van der Waals surface area contributed by atoms with Gasteiger partial charge < -0.3 is 27.8 Å². The van der Waals surface area contributed by atoms with Crippen molar-refractivity contribution in [2.45, 2.75) is 102 Å². The van der Waals surface area contributed by atoms with Gasteiger partial charge in [0.25, 0.3) is 0 Å². The fourth-order valence-electron chi connectivity index (χ4n) is 6.08. The molecule has 0 spiro atoms. The molecule has 0 saturated heterocycles. The summed E-state index contributed by atoms with van der Waals surface area (Å²) >= 11 is 3.44. The van der Waals surface area contributed by atoms with Gasteiger partial charge >= 0.3 is 16.3 Å². The van der Waals surface area contributed by atoms with Gasteiger partial charge in [-0.25, -0.2) is 17.9 Å². The molecule has 5 rings (SSSR count). The van der Waals surface area contributed by atoms with Crippen molar-refractivity contribution in [1.29, 1.82) is 10.5 Å². The topological polar surface area (TPSA) is 225 Å². The number of benzene rings is 2. The van der Waals surface area contributed by atoms with E-state index in [9.17, 15) is 32.2 Å². The number of sulfonamides is 1. The number of rotatable bonds is 17. The number of nitrogens with one attached hydrogen (secondary N) is 2. The molecule has 67 heavy (non-hydrogen) atoms. The number of anilines is 1. The highest BCUT2D eigenvalue weighted by Crippen LogP contribution is 2.34. The minimum Gasteiger partial charge on any atom is -1.00 e. The van der Waals surface area contributed by atoms with Gasteiger partial charge in [0.15, 0.2) is 12.4 Å². The van der Waals surface area contributed by atoms with Crippen LogP contribution in [-0.4, -0.2) is 83.4 Å². The lowest BCUT2D eigenvalue weighted by atomic mass is 10.1. The summed E-state index contributed by atoms with van der Waals surface area (Å²) in [5, 5.41) is 20.8. The van der Waals surface area contributed by atoms with E-state index >= 15 is 0 Å². The Morgan fingerprint density at radius 2 is 1.22 bits per heavy atom. The predicted molar refractivity (Wildman–Crippen MR) is 268 cm³/mol.